The van der Waals surface area contributed by atoms with E-state index in [1.165, 1.54) is 0 Å². The van der Waals surface area contributed by atoms with Crippen LogP contribution in [0.1, 0.15) is 15.9 Å². The van der Waals surface area contributed by atoms with Gasteiger partial charge in [-0.05, 0) is 66.3 Å². The van der Waals surface area contributed by atoms with E-state index in [1.807, 2.05) is 54.6 Å². The van der Waals surface area contributed by atoms with Crippen molar-refractivity contribution in [1.29, 1.82) is 0 Å². The number of carbonyl (C=O) groups is 1. The van der Waals surface area contributed by atoms with Crippen LogP contribution in [0.3, 0.4) is 0 Å². The molecule has 0 aliphatic carbocycles. The Kier molecular flexibility index (Phi) is 6.57. The zero-order valence-corrected chi connectivity index (χ0v) is 16.7. The summed E-state index contributed by atoms with van der Waals surface area (Å²) in [6.07, 6.45) is 0. The Bertz CT molecular complexity index is 913. The van der Waals surface area contributed by atoms with E-state index in [4.69, 9.17) is 17.0 Å². The molecule has 0 unspecified atom stereocenters. The van der Waals surface area contributed by atoms with Crippen LogP contribution < -0.4 is 15.4 Å². The molecule has 0 spiro atoms. The van der Waals surface area contributed by atoms with Crippen molar-refractivity contribution < 1.29 is 9.53 Å². The first-order chi connectivity index (χ1) is 13.1. The van der Waals surface area contributed by atoms with Gasteiger partial charge in [-0.15, -0.1) is 0 Å². The summed E-state index contributed by atoms with van der Waals surface area (Å²) in [4.78, 5) is 12.3. The molecule has 6 heteroatoms. The lowest BCUT2D eigenvalue weighted by Crippen LogP contribution is -2.34. The topological polar surface area (TPSA) is 50.4 Å². The minimum Gasteiger partial charge on any atom is -0.489 e. The molecule has 0 aliphatic heterocycles. The maximum Gasteiger partial charge on any atom is 0.257 e. The summed E-state index contributed by atoms with van der Waals surface area (Å²) >= 11 is 8.56. The SMILES string of the molecule is O=C(NC(=S)Nc1ccc(Br)cc1)c1ccc(OCc2ccccc2)cc1. The lowest BCUT2D eigenvalue weighted by Gasteiger charge is -2.10. The minimum atomic E-state index is -0.278. The number of carbonyl (C=O) groups excluding carboxylic acids is 1. The number of hydrogen-bond donors (Lipinski definition) is 2. The standard InChI is InChI=1S/C21H17BrN2O2S/c22-17-8-10-18(11-9-17)23-21(27)24-20(25)16-6-12-19(13-7-16)26-14-15-4-2-1-3-5-15/h1-13H,14H2,(H2,23,24,25,27). The van der Waals surface area contributed by atoms with Crippen LogP contribution in [0, 0.1) is 0 Å². The van der Waals surface area contributed by atoms with E-state index in [1.54, 1.807) is 24.3 Å². The third-order valence-corrected chi connectivity index (χ3v) is 4.43. The number of thiocarbonyl (C=S) groups is 1. The second-order valence-corrected chi connectivity index (χ2v) is 7.04. The van der Waals surface area contributed by atoms with Crippen molar-refractivity contribution in [3.63, 3.8) is 0 Å². The smallest absolute Gasteiger partial charge is 0.257 e. The van der Waals surface area contributed by atoms with Gasteiger partial charge in [0, 0.05) is 15.7 Å². The maximum atomic E-state index is 12.3. The highest BCUT2D eigenvalue weighted by Gasteiger charge is 2.08. The molecular formula is C21H17BrN2O2S. The minimum absolute atomic E-state index is 0.242. The quantitative estimate of drug-likeness (QED) is 0.538. The molecule has 0 aromatic heterocycles. The fraction of sp³-hybridized carbons (Fsp3) is 0.0476. The highest BCUT2D eigenvalue weighted by molar-refractivity contribution is 9.10. The Morgan fingerprint density at radius 3 is 2.26 bits per heavy atom. The maximum absolute atomic E-state index is 12.3. The Labute approximate surface area is 171 Å². The molecule has 0 saturated carbocycles. The van der Waals surface area contributed by atoms with Gasteiger partial charge < -0.3 is 10.1 Å². The van der Waals surface area contributed by atoms with Gasteiger partial charge in [0.15, 0.2) is 5.11 Å². The number of halogens is 1. The highest BCUT2D eigenvalue weighted by Crippen LogP contribution is 2.15. The van der Waals surface area contributed by atoms with Gasteiger partial charge in [0.2, 0.25) is 0 Å². The molecule has 0 bridgehead atoms. The molecule has 0 radical (unpaired) electrons. The zero-order chi connectivity index (χ0) is 19.1. The number of amides is 1. The third kappa shape index (κ3) is 5.91. The second-order valence-electron chi connectivity index (χ2n) is 5.71. The molecule has 4 nitrogen and oxygen atoms in total. The number of benzene rings is 3. The van der Waals surface area contributed by atoms with E-state index in [9.17, 15) is 4.79 Å². The van der Waals surface area contributed by atoms with Crippen LogP contribution >= 0.6 is 28.1 Å². The summed E-state index contributed by atoms with van der Waals surface area (Å²) < 4.78 is 6.69. The van der Waals surface area contributed by atoms with Crippen molar-refractivity contribution in [1.82, 2.24) is 5.32 Å². The summed E-state index contributed by atoms with van der Waals surface area (Å²) in [7, 11) is 0. The first-order valence-electron chi connectivity index (χ1n) is 8.25. The predicted molar refractivity (Wildman–Crippen MR) is 115 cm³/mol. The van der Waals surface area contributed by atoms with Gasteiger partial charge in [0.25, 0.3) is 5.91 Å². The van der Waals surface area contributed by atoms with Crippen molar-refractivity contribution in [3.05, 3.63) is 94.5 Å². The third-order valence-electron chi connectivity index (χ3n) is 3.69. The molecule has 1 amide bonds. The molecule has 27 heavy (non-hydrogen) atoms. The summed E-state index contributed by atoms with van der Waals surface area (Å²) in [5.41, 5.74) is 2.39. The summed E-state index contributed by atoms with van der Waals surface area (Å²) in [6.45, 7) is 0.480. The van der Waals surface area contributed by atoms with Gasteiger partial charge in [-0.25, -0.2) is 0 Å². The van der Waals surface area contributed by atoms with E-state index >= 15 is 0 Å². The van der Waals surface area contributed by atoms with E-state index in [0.29, 0.717) is 17.9 Å². The number of ether oxygens (including phenoxy) is 1. The van der Waals surface area contributed by atoms with Crippen molar-refractivity contribution in [2.75, 3.05) is 5.32 Å². The van der Waals surface area contributed by atoms with Gasteiger partial charge in [-0.3, -0.25) is 10.1 Å². The molecule has 2 N–H and O–H groups in total. The van der Waals surface area contributed by atoms with Crippen LogP contribution in [0.2, 0.25) is 0 Å². The Hall–Kier alpha value is -2.70. The Morgan fingerprint density at radius 2 is 1.59 bits per heavy atom. The van der Waals surface area contributed by atoms with E-state index < -0.39 is 0 Å². The van der Waals surface area contributed by atoms with Crippen LogP contribution in [-0.4, -0.2) is 11.0 Å². The number of hydrogen-bond acceptors (Lipinski definition) is 3. The molecule has 0 heterocycles. The van der Waals surface area contributed by atoms with E-state index in [2.05, 4.69) is 26.6 Å². The summed E-state index contributed by atoms with van der Waals surface area (Å²) in [6, 6.07) is 24.4. The first kappa shape index (κ1) is 19.1. The average molecular weight is 441 g/mol. The highest BCUT2D eigenvalue weighted by atomic mass is 79.9. The van der Waals surface area contributed by atoms with E-state index in [-0.39, 0.29) is 11.0 Å². The van der Waals surface area contributed by atoms with Crippen molar-refractivity contribution >= 4 is 44.9 Å². The van der Waals surface area contributed by atoms with Crippen LogP contribution in [0.25, 0.3) is 0 Å². The average Bonchev–Trinajstić information content (AvgIpc) is 2.69. The fourth-order valence-corrected chi connectivity index (χ4v) is 2.79. The molecule has 136 valence electrons. The summed E-state index contributed by atoms with van der Waals surface area (Å²) in [5.74, 6) is 0.421. The molecule has 3 aromatic carbocycles. The lowest BCUT2D eigenvalue weighted by atomic mass is 10.2. The van der Waals surface area contributed by atoms with Crippen molar-refractivity contribution in [2.24, 2.45) is 0 Å². The molecule has 0 saturated heterocycles. The van der Waals surface area contributed by atoms with Gasteiger partial charge in [-0.1, -0.05) is 46.3 Å². The van der Waals surface area contributed by atoms with Gasteiger partial charge in [0.05, 0.1) is 0 Å². The van der Waals surface area contributed by atoms with Crippen molar-refractivity contribution in [2.45, 2.75) is 6.61 Å². The monoisotopic (exact) mass is 440 g/mol. The van der Waals surface area contributed by atoms with Crippen LogP contribution in [0.4, 0.5) is 5.69 Å². The largest absolute Gasteiger partial charge is 0.489 e. The normalized spacial score (nSPS) is 10.1. The number of nitrogens with one attached hydrogen (secondary N) is 2. The Morgan fingerprint density at radius 1 is 0.926 bits per heavy atom. The second kappa shape index (κ2) is 9.30. The molecular weight excluding hydrogens is 424 g/mol. The number of anilines is 1. The summed E-state index contributed by atoms with van der Waals surface area (Å²) in [5, 5.41) is 5.88. The van der Waals surface area contributed by atoms with Gasteiger partial charge in [0.1, 0.15) is 12.4 Å². The Balaban J connectivity index is 1.52. The van der Waals surface area contributed by atoms with Crippen LogP contribution in [0.15, 0.2) is 83.3 Å². The number of rotatable bonds is 5. The van der Waals surface area contributed by atoms with Gasteiger partial charge in [-0.2, -0.15) is 0 Å². The molecule has 3 rings (SSSR count). The van der Waals surface area contributed by atoms with Crippen LogP contribution in [-0.2, 0) is 6.61 Å². The lowest BCUT2D eigenvalue weighted by molar-refractivity contribution is 0.0977. The molecule has 0 fully saturated rings. The van der Waals surface area contributed by atoms with Gasteiger partial charge >= 0.3 is 0 Å². The van der Waals surface area contributed by atoms with Crippen molar-refractivity contribution in [3.8, 4) is 5.75 Å². The van der Waals surface area contributed by atoms with Crippen LogP contribution in [0.5, 0.6) is 5.75 Å². The van der Waals surface area contributed by atoms with E-state index in [0.717, 1.165) is 15.7 Å². The fourth-order valence-electron chi connectivity index (χ4n) is 2.31. The first-order valence-corrected chi connectivity index (χ1v) is 9.45. The predicted octanol–water partition coefficient (Wildman–Crippen LogP) is 5.15. The molecule has 0 aliphatic rings. The molecule has 3 aromatic rings. The molecule has 0 atom stereocenters. The zero-order valence-electron chi connectivity index (χ0n) is 14.3.